The zero-order chi connectivity index (χ0) is 14.1. The van der Waals surface area contributed by atoms with Crippen LogP contribution in [0.15, 0.2) is 11.0 Å². The van der Waals surface area contributed by atoms with Gasteiger partial charge in [-0.2, -0.15) is 5.10 Å². The highest BCUT2D eigenvalue weighted by molar-refractivity contribution is 6.28. The number of fused-ring (bicyclic) bond motifs is 1. The summed E-state index contributed by atoms with van der Waals surface area (Å²) in [5.41, 5.74) is 0.438. The van der Waals surface area contributed by atoms with Crippen LogP contribution in [-0.2, 0) is 16.0 Å². The Kier molecular flexibility index (Phi) is 3.70. The molecule has 3 rings (SSSR count). The minimum absolute atomic E-state index is 0.0325. The van der Waals surface area contributed by atoms with Crippen LogP contribution in [0.4, 0.5) is 0 Å². The third-order valence-electron chi connectivity index (χ3n) is 3.09. The second-order valence-electron chi connectivity index (χ2n) is 4.51. The topological polar surface area (TPSA) is 102 Å². The van der Waals surface area contributed by atoms with Gasteiger partial charge in [0, 0.05) is 0 Å². The number of ether oxygens (including phenoxy) is 2. The van der Waals surface area contributed by atoms with Gasteiger partial charge in [0.1, 0.15) is 17.7 Å². The maximum atomic E-state index is 11.9. The van der Waals surface area contributed by atoms with Crippen LogP contribution < -0.4 is 5.56 Å². The first-order valence-electron chi connectivity index (χ1n) is 6.13. The molecule has 8 nitrogen and oxygen atoms in total. The molecule has 0 radical (unpaired) electrons. The lowest BCUT2D eigenvalue weighted by molar-refractivity contribution is -0.148. The quantitative estimate of drug-likeness (QED) is 0.744. The molecule has 1 saturated heterocycles. The number of aromatic amines is 1. The summed E-state index contributed by atoms with van der Waals surface area (Å²) in [5.74, 6) is 0. The Morgan fingerprint density at radius 1 is 1.45 bits per heavy atom. The van der Waals surface area contributed by atoms with Crippen LogP contribution in [0.3, 0.4) is 0 Å². The first-order chi connectivity index (χ1) is 9.67. The van der Waals surface area contributed by atoms with Gasteiger partial charge in [-0.05, 0) is 11.6 Å². The molecule has 2 aromatic rings. The molecule has 0 amide bonds. The Labute approximate surface area is 118 Å². The summed E-state index contributed by atoms with van der Waals surface area (Å²) in [6, 6.07) is 0. The van der Waals surface area contributed by atoms with Crippen LogP contribution in [0.2, 0.25) is 5.28 Å². The number of aromatic nitrogens is 4. The molecular formula is C11H13ClN4O4. The van der Waals surface area contributed by atoms with Crippen molar-refractivity contribution in [3.05, 3.63) is 21.8 Å². The highest BCUT2D eigenvalue weighted by Gasteiger charge is 2.23. The largest absolute Gasteiger partial charge is 0.394 e. The van der Waals surface area contributed by atoms with Gasteiger partial charge in [0.15, 0.2) is 5.52 Å². The maximum absolute atomic E-state index is 11.9. The van der Waals surface area contributed by atoms with Crippen LogP contribution in [0, 0.1) is 0 Å². The molecule has 9 heteroatoms. The summed E-state index contributed by atoms with van der Waals surface area (Å²) in [6.45, 7) is 0.958. The van der Waals surface area contributed by atoms with Crippen LogP contribution in [0.5, 0.6) is 0 Å². The van der Waals surface area contributed by atoms with Crippen molar-refractivity contribution in [2.24, 2.45) is 0 Å². The number of halogens is 1. The van der Waals surface area contributed by atoms with E-state index >= 15 is 0 Å². The highest BCUT2D eigenvalue weighted by Crippen LogP contribution is 2.13. The number of hydrogen-bond acceptors (Lipinski definition) is 6. The van der Waals surface area contributed by atoms with Gasteiger partial charge in [0.05, 0.1) is 32.6 Å². The molecule has 2 aromatic heterocycles. The molecule has 0 spiro atoms. The monoisotopic (exact) mass is 300 g/mol. The zero-order valence-electron chi connectivity index (χ0n) is 10.5. The van der Waals surface area contributed by atoms with Gasteiger partial charge >= 0.3 is 0 Å². The normalized spacial score (nSPS) is 23.3. The maximum Gasteiger partial charge on any atom is 0.278 e. The number of H-pyrrole nitrogens is 1. The fourth-order valence-electron chi connectivity index (χ4n) is 2.10. The summed E-state index contributed by atoms with van der Waals surface area (Å²) in [7, 11) is 0. The summed E-state index contributed by atoms with van der Waals surface area (Å²) < 4.78 is 12.5. The lowest BCUT2D eigenvalue weighted by atomic mass is 10.3. The van der Waals surface area contributed by atoms with Crippen molar-refractivity contribution >= 4 is 22.6 Å². The fourth-order valence-corrected chi connectivity index (χ4v) is 2.28. The lowest BCUT2D eigenvalue weighted by Gasteiger charge is -2.28. The molecule has 0 aliphatic carbocycles. The average Bonchev–Trinajstić information content (AvgIpc) is 2.82. The van der Waals surface area contributed by atoms with Gasteiger partial charge in [-0.25, -0.2) is 4.98 Å². The number of nitrogens with zero attached hydrogens (tertiary/aromatic N) is 3. The van der Waals surface area contributed by atoms with Gasteiger partial charge in [-0.1, -0.05) is 0 Å². The number of aliphatic hydroxyl groups is 1. The molecule has 0 unspecified atom stereocenters. The zero-order valence-corrected chi connectivity index (χ0v) is 11.2. The third kappa shape index (κ3) is 2.55. The van der Waals surface area contributed by atoms with Gasteiger partial charge in [0.2, 0.25) is 5.28 Å². The van der Waals surface area contributed by atoms with Gasteiger partial charge in [0.25, 0.3) is 5.56 Å². The Bertz CT molecular complexity index is 662. The number of aliphatic hydroxyl groups excluding tert-OH is 1. The smallest absolute Gasteiger partial charge is 0.278 e. The molecule has 1 fully saturated rings. The van der Waals surface area contributed by atoms with Crippen molar-refractivity contribution in [2.45, 2.75) is 18.8 Å². The lowest BCUT2D eigenvalue weighted by Crippen LogP contribution is -2.40. The standard InChI is InChI=1S/C11H13ClN4O4/c12-11-14-8-1-13-16(9(8)10(18)15-11)2-6-4-20-7(3-17)5-19-6/h1,6-7,17H,2-5H2,(H,14,15,18)/t6-,7-/m1/s1. The first kappa shape index (κ1) is 13.5. The molecule has 3 heterocycles. The van der Waals surface area contributed by atoms with Gasteiger partial charge in [-0.3, -0.25) is 14.5 Å². The van der Waals surface area contributed by atoms with Crippen molar-refractivity contribution in [3.63, 3.8) is 0 Å². The molecular weight excluding hydrogens is 288 g/mol. The van der Waals surface area contributed by atoms with Crippen molar-refractivity contribution < 1.29 is 14.6 Å². The second kappa shape index (κ2) is 5.49. The number of hydrogen-bond donors (Lipinski definition) is 2. The SMILES string of the molecule is O=c1[nH]c(Cl)nc2cnn(C[C@@H]3CO[C@H](CO)CO3)c12. The third-order valence-corrected chi connectivity index (χ3v) is 3.27. The minimum atomic E-state index is -0.345. The molecule has 0 bridgehead atoms. The van der Waals surface area contributed by atoms with Crippen molar-refractivity contribution in [3.8, 4) is 0 Å². The van der Waals surface area contributed by atoms with E-state index in [0.29, 0.717) is 30.8 Å². The van der Waals surface area contributed by atoms with E-state index in [0.717, 1.165) is 0 Å². The summed E-state index contributed by atoms with van der Waals surface area (Å²) in [6.07, 6.45) is 0.969. The minimum Gasteiger partial charge on any atom is -0.394 e. The number of rotatable bonds is 3. The molecule has 108 valence electrons. The van der Waals surface area contributed by atoms with E-state index in [1.165, 1.54) is 10.9 Å². The van der Waals surface area contributed by atoms with Gasteiger partial charge < -0.3 is 14.6 Å². The van der Waals surface area contributed by atoms with E-state index < -0.39 is 0 Å². The molecule has 2 atom stereocenters. The molecule has 2 N–H and O–H groups in total. The van der Waals surface area contributed by atoms with E-state index in [2.05, 4.69) is 15.1 Å². The molecule has 20 heavy (non-hydrogen) atoms. The Hall–Kier alpha value is -1.48. The summed E-state index contributed by atoms with van der Waals surface area (Å²) in [4.78, 5) is 18.3. The van der Waals surface area contributed by atoms with Crippen LogP contribution in [0.25, 0.3) is 11.0 Å². The molecule has 1 aliphatic rings. The van der Waals surface area contributed by atoms with E-state index in [1.807, 2.05) is 0 Å². The van der Waals surface area contributed by atoms with Crippen molar-refractivity contribution in [1.82, 2.24) is 19.7 Å². The first-order valence-corrected chi connectivity index (χ1v) is 6.50. The fraction of sp³-hybridized carbons (Fsp3) is 0.545. The van der Waals surface area contributed by atoms with E-state index in [1.54, 1.807) is 0 Å². The Morgan fingerprint density at radius 3 is 2.90 bits per heavy atom. The van der Waals surface area contributed by atoms with Crippen LogP contribution in [0.1, 0.15) is 0 Å². The molecule has 0 saturated carbocycles. The average molecular weight is 301 g/mol. The van der Waals surface area contributed by atoms with Crippen molar-refractivity contribution in [2.75, 3.05) is 19.8 Å². The van der Waals surface area contributed by atoms with E-state index in [-0.39, 0.29) is 29.7 Å². The Balaban J connectivity index is 1.80. The van der Waals surface area contributed by atoms with Crippen LogP contribution >= 0.6 is 11.6 Å². The number of nitrogens with one attached hydrogen (secondary N) is 1. The predicted molar refractivity (Wildman–Crippen MR) is 69.7 cm³/mol. The van der Waals surface area contributed by atoms with E-state index in [9.17, 15) is 4.79 Å². The van der Waals surface area contributed by atoms with Gasteiger partial charge in [-0.15, -0.1) is 0 Å². The molecule has 0 aromatic carbocycles. The summed E-state index contributed by atoms with van der Waals surface area (Å²) >= 11 is 5.69. The van der Waals surface area contributed by atoms with Crippen molar-refractivity contribution in [1.29, 1.82) is 0 Å². The Morgan fingerprint density at radius 2 is 2.20 bits per heavy atom. The molecule has 1 aliphatic heterocycles. The summed E-state index contributed by atoms with van der Waals surface area (Å²) in [5, 5.41) is 13.1. The predicted octanol–water partition coefficient (Wildman–Crippen LogP) is -0.451. The highest BCUT2D eigenvalue weighted by atomic mass is 35.5. The van der Waals surface area contributed by atoms with E-state index in [4.69, 9.17) is 26.2 Å². The second-order valence-corrected chi connectivity index (χ2v) is 4.87. The van der Waals surface area contributed by atoms with Crippen LogP contribution in [-0.4, -0.2) is 56.9 Å².